The molecule has 6 heteroatoms. The molecule has 6 nitrogen and oxygen atoms in total. The Kier molecular flexibility index (Phi) is 6.52. The maximum Gasteiger partial charge on any atom is 0.339 e. The number of para-hydroxylation sites is 1. The van der Waals surface area contributed by atoms with Crippen molar-refractivity contribution >= 4 is 11.9 Å². The lowest BCUT2D eigenvalue weighted by Crippen LogP contribution is -2.22. The van der Waals surface area contributed by atoms with Gasteiger partial charge in [-0.2, -0.15) is 0 Å². The van der Waals surface area contributed by atoms with Crippen LogP contribution >= 0.6 is 0 Å². The summed E-state index contributed by atoms with van der Waals surface area (Å²) in [7, 11) is 0. The standard InChI is InChI=1S/C14H20N2O4/c15-8-3-1-2-7-12(17)16-9-10-5-4-6-11(13(10)18)14(19)20/h4-6,18H,1-3,7-9,15H2,(H,16,17)(H,19,20). The van der Waals surface area contributed by atoms with Gasteiger partial charge in [0.2, 0.25) is 5.91 Å². The molecule has 1 amide bonds. The minimum Gasteiger partial charge on any atom is -0.507 e. The Morgan fingerprint density at radius 1 is 1.20 bits per heavy atom. The third kappa shape index (κ3) is 4.89. The molecule has 0 fully saturated rings. The van der Waals surface area contributed by atoms with Crippen molar-refractivity contribution in [2.45, 2.75) is 32.2 Å². The van der Waals surface area contributed by atoms with Crippen molar-refractivity contribution in [1.29, 1.82) is 0 Å². The predicted molar refractivity (Wildman–Crippen MR) is 74.4 cm³/mol. The lowest BCUT2D eigenvalue weighted by molar-refractivity contribution is -0.121. The van der Waals surface area contributed by atoms with Gasteiger partial charge in [0.15, 0.2) is 0 Å². The Bertz CT molecular complexity index is 474. The van der Waals surface area contributed by atoms with Crippen LogP contribution in [0.4, 0.5) is 0 Å². The van der Waals surface area contributed by atoms with Crippen molar-refractivity contribution in [2.75, 3.05) is 6.54 Å². The molecule has 1 rings (SSSR count). The molecule has 0 unspecified atom stereocenters. The van der Waals surface area contributed by atoms with Gasteiger partial charge < -0.3 is 21.3 Å². The summed E-state index contributed by atoms with van der Waals surface area (Å²) in [6.07, 6.45) is 2.97. The Hall–Kier alpha value is -2.08. The fourth-order valence-electron chi connectivity index (χ4n) is 1.80. The van der Waals surface area contributed by atoms with E-state index in [-0.39, 0.29) is 23.8 Å². The molecule has 0 radical (unpaired) electrons. The van der Waals surface area contributed by atoms with E-state index in [0.717, 1.165) is 19.3 Å². The topological polar surface area (TPSA) is 113 Å². The van der Waals surface area contributed by atoms with Crippen molar-refractivity contribution in [3.8, 4) is 5.75 Å². The van der Waals surface area contributed by atoms with E-state index >= 15 is 0 Å². The van der Waals surface area contributed by atoms with Crippen LogP contribution in [0.15, 0.2) is 18.2 Å². The van der Waals surface area contributed by atoms with Crippen molar-refractivity contribution in [3.63, 3.8) is 0 Å². The number of carbonyl (C=O) groups is 2. The van der Waals surface area contributed by atoms with Crippen LogP contribution in [-0.4, -0.2) is 28.6 Å². The lowest BCUT2D eigenvalue weighted by Gasteiger charge is -2.08. The van der Waals surface area contributed by atoms with Crippen LogP contribution in [0.1, 0.15) is 41.6 Å². The molecule has 0 saturated carbocycles. The van der Waals surface area contributed by atoms with Crippen molar-refractivity contribution in [3.05, 3.63) is 29.3 Å². The quantitative estimate of drug-likeness (QED) is 0.535. The van der Waals surface area contributed by atoms with Gasteiger partial charge >= 0.3 is 5.97 Å². The fourth-order valence-corrected chi connectivity index (χ4v) is 1.80. The average molecular weight is 280 g/mol. The Morgan fingerprint density at radius 2 is 1.95 bits per heavy atom. The number of unbranched alkanes of at least 4 members (excludes halogenated alkanes) is 2. The van der Waals surface area contributed by atoms with E-state index in [9.17, 15) is 14.7 Å². The first-order chi connectivity index (χ1) is 9.56. The monoisotopic (exact) mass is 280 g/mol. The van der Waals surface area contributed by atoms with Gasteiger partial charge in [0.1, 0.15) is 11.3 Å². The maximum absolute atomic E-state index is 11.6. The molecular formula is C14H20N2O4. The molecule has 0 heterocycles. The Morgan fingerprint density at radius 3 is 2.60 bits per heavy atom. The highest BCUT2D eigenvalue weighted by molar-refractivity contribution is 5.91. The number of rotatable bonds is 8. The van der Waals surface area contributed by atoms with E-state index in [2.05, 4.69) is 5.32 Å². The highest BCUT2D eigenvalue weighted by Gasteiger charge is 2.13. The molecule has 0 aliphatic carbocycles. The number of nitrogens with two attached hydrogens (primary N) is 1. The Labute approximate surface area is 117 Å². The highest BCUT2D eigenvalue weighted by atomic mass is 16.4. The molecule has 0 saturated heterocycles. The second kappa shape index (κ2) is 8.16. The normalized spacial score (nSPS) is 10.2. The summed E-state index contributed by atoms with van der Waals surface area (Å²) in [5.74, 6) is -1.62. The summed E-state index contributed by atoms with van der Waals surface area (Å²) < 4.78 is 0. The first kappa shape index (κ1) is 16.0. The largest absolute Gasteiger partial charge is 0.507 e. The number of amides is 1. The number of aromatic hydroxyl groups is 1. The van der Waals surface area contributed by atoms with Crippen LogP contribution in [-0.2, 0) is 11.3 Å². The van der Waals surface area contributed by atoms with Crippen LogP contribution in [0.2, 0.25) is 0 Å². The first-order valence-corrected chi connectivity index (χ1v) is 6.57. The second-order valence-electron chi connectivity index (χ2n) is 4.49. The number of hydrogen-bond acceptors (Lipinski definition) is 4. The lowest BCUT2D eigenvalue weighted by atomic mass is 10.1. The molecule has 0 atom stereocenters. The van der Waals surface area contributed by atoms with Crippen molar-refractivity contribution in [1.82, 2.24) is 5.32 Å². The van der Waals surface area contributed by atoms with Crippen LogP contribution in [0.3, 0.4) is 0 Å². The minimum atomic E-state index is -1.20. The van der Waals surface area contributed by atoms with Crippen molar-refractivity contribution in [2.24, 2.45) is 5.73 Å². The average Bonchev–Trinajstić information content (AvgIpc) is 2.42. The van der Waals surface area contributed by atoms with E-state index in [1.54, 1.807) is 6.07 Å². The second-order valence-corrected chi connectivity index (χ2v) is 4.49. The van der Waals surface area contributed by atoms with Crippen LogP contribution < -0.4 is 11.1 Å². The maximum atomic E-state index is 11.6. The fraction of sp³-hybridized carbons (Fsp3) is 0.429. The summed E-state index contributed by atoms with van der Waals surface area (Å²) in [4.78, 5) is 22.4. The van der Waals surface area contributed by atoms with E-state index in [4.69, 9.17) is 10.8 Å². The van der Waals surface area contributed by atoms with Crippen LogP contribution in [0, 0.1) is 0 Å². The number of carboxylic acid groups (broad SMARTS) is 1. The molecular weight excluding hydrogens is 260 g/mol. The number of phenols is 1. The number of nitrogens with one attached hydrogen (secondary N) is 1. The molecule has 110 valence electrons. The molecule has 5 N–H and O–H groups in total. The number of carbonyl (C=O) groups excluding carboxylic acids is 1. The van der Waals surface area contributed by atoms with Gasteiger partial charge in [-0.05, 0) is 25.5 Å². The van der Waals surface area contributed by atoms with Gasteiger partial charge in [-0.25, -0.2) is 4.79 Å². The van der Waals surface area contributed by atoms with Crippen molar-refractivity contribution < 1.29 is 19.8 Å². The summed E-state index contributed by atoms with van der Waals surface area (Å²) in [6.45, 7) is 0.736. The zero-order valence-corrected chi connectivity index (χ0v) is 11.3. The third-order valence-electron chi connectivity index (χ3n) is 2.93. The molecule has 20 heavy (non-hydrogen) atoms. The van der Waals surface area contributed by atoms with E-state index in [1.807, 2.05) is 0 Å². The van der Waals surface area contributed by atoms with Gasteiger partial charge in [-0.1, -0.05) is 18.6 Å². The number of carboxylic acids is 1. The van der Waals surface area contributed by atoms with E-state index < -0.39 is 5.97 Å². The number of hydrogen-bond donors (Lipinski definition) is 4. The van der Waals surface area contributed by atoms with Gasteiger partial charge in [0.25, 0.3) is 0 Å². The molecule has 1 aromatic carbocycles. The number of aromatic carboxylic acids is 1. The molecule has 1 aromatic rings. The molecule has 0 spiro atoms. The summed E-state index contributed by atoms with van der Waals surface area (Å²) in [5.41, 5.74) is 5.58. The minimum absolute atomic E-state index is 0.114. The SMILES string of the molecule is NCCCCCC(=O)NCc1cccc(C(=O)O)c1O. The van der Waals surface area contributed by atoms with Crippen LogP contribution in [0.5, 0.6) is 5.75 Å². The molecule has 0 aliphatic heterocycles. The smallest absolute Gasteiger partial charge is 0.339 e. The molecule has 0 bridgehead atoms. The highest BCUT2D eigenvalue weighted by Crippen LogP contribution is 2.22. The summed E-state index contributed by atoms with van der Waals surface area (Å²) in [6, 6.07) is 4.43. The van der Waals surface area contributed by atoms with Gasteiger partial charge in [-0.15, -0.1) is 0 Å². The van der Waals surface area contributed by atoms with E-state index in [1.165, 1.54) is 12.1 Å². The zero-order valence-electron chi connectivity index (χ0n) is 11.3. The first-order valence-electron chi connectivity index (χ1n) is 6.57. The number of benzene rings is 1. The van der Waals surface area contributed by atoms with Gasteiger partial charge in [-0.3, -0.25) is 4.79 Å². The van der Waals surface area contributed by atoms with E-state index in [0.29, 0.717) is 18.5 Å². The predicted octanol–water partition coefficient (Wildman–Crippen LogP) is 1.23. The summed E-state index contributed by atoms with van der Waals surface area (Å²) in [5, 5.41) is 21.3. The third-order valence-corrected chi connectivity index (χ3v) is 2.93. The molecule has 0 aliphatic rings. The molecule has 0 aromatic heterocycles. The Balaban J connectivity index is 2.47. The van der Waals surface area contributed by atoms with Gasteiger partial charge in [0, 0.05) is 18.5 Å². The summed E-state index contributed by atoms with van der Waals surface area (Å²) >= 11 is 0. The zero-order chi connectivity index (χ0) is 15.0. The van der Waals surface area contributed by atoms with Gasteiger partial charge in [0.05, 0.1) is 0 Å². The van der Waals surface area contributed by atoms with Crippen LogP contribution in [0.25, 0.3) is 0 Å².